The fourth-order valence-electron chi connectivity index (χ4n) is 1.48. The van der Waals surface area contributed by atoms with Crippen LogP contribution in [0.15, 0.2) is 0 Å². The fourth-order valence-corrected chi connectivity index (χ4v) is 1.48. The predicted octanol–water partition coefficient (Wildman–Crippen LogP) is 2.01. The first kappa shape index (κ1) is 14.7. The van der Waals surface area contributed by atoms with Gasteiger partial charge >= 0.3 is 12.1 Å². The molecule has 5 nitrogen and oxygen atoms in total. The summed E-state index contributed by atoms with van der Waals surface area (Å²) in [7, 11) is 0. The average Bonchev–Trinajstić information content (AvgIpc) is 2.68. The number of halogens is 2. The number of carbonyl (C=O) groups excluding carboxylic acids is 1. The van der Waals surface area contributed by atoms with E-state index in [9.17, 15) is 18.4 Å². The smallest absolute Gasteiger partial charge is 0.408 e. The van der Waals surface area contributed by atoms with Crippen molar-refractivity contribution in [1.29, 1.82) is 0 Å². The van der Waals surface area contributed by atoms with Gasteiger partial charge in [0.15, 0.2) is 0 Å². The molecular weight excluding hydrogens is 248 g/mol. The maximum absolute atomic E-state index is 12.7. The van der Waals surface area contributed by atoms with Crippen molar-refractivity contribution in [3.63, 3.8) is 0 Å². The van der Waals surface area contributed by atoms with Crippen LogP contribution in [-0.4, -0.2) is 34.7 Å². The monoisotopic (exact) mass is 265 g/mol. The lowest BCUT2D eigenvalue weighted by atomic mass is 10.1. The molecule has 1 aliphatic carbocycles. The van der Waals surface area contributed by atoms with E-state index in [1.807, 2.05) is 0 Å². The van der Waals surface area contributed by atoms with Crippen molar-refractivity contribution in [2.75, 3.05) is 0 Å². The minimum Gasteiger partial charge on any atom is -0.480 e. The van der Waals surface area contributed by atoms with Crippen LogP contribution in [0.25, 0.3) is 0 Å². The second kappa shape index (κ2) is 4.70. The minimum atomic E-state index is -2.80. The second-order valence-electron chi connectivity index (χ2n) is 5.43. The van der Waals surface area contributed by atoms with Crippen molar-refractivity contribution in [3.8, 4) is 0 Å². The summed E-state index contributed by atoms with van der Waals surface area (Å²) in [6, 6.07) is -1.35. The van der Waals surface area contributed by atoms with Crippen LogP contribution >= 0.6 is 0 Å². The Morgan fingerprint density at radius 3 is 2.33 bits per heavy atom. The molecule has 0 aromatic carbocycles. The zero-order valence-corrected chi connectivity index (χ0v) is 10.5. The summed E-state index contributed by atoms with van der Waals surface area (Å²) in [6.07, 6.45) is -1.53. The molecule has 1 aliphatic rings. The highest BCUT2D eigenvalue weighted by atomic mass is 19.3. The summed E-state index contributed by atoms with van der Waals surface area (Å²) >= 11 is 0. The first-order valence-corrected chi connectivity index (χ1v) is 5.61. The van der Waals surface area contributed by atoms with E-state index in [1.54, 1.807) is 20.8 Å². The molecule has 2 atom stereocenters. The van der Waals surface area contributed by atoms with E-state index in [2.05, 4.69) is 5.32 Å². The second-order valence-corrected chi connectivity index (χ2v) is 5.43. The summed E-state index contributed by atoms with van der Waals surface area (Å²) in [5.74, 6) is -5.12. The molecule has 0 saturated heterocycles. The van der Waals surface area contributed by atoms with Gasteiger partial charge in [-0.05, 0) is 27.2 Å². The number of alkyl carbamates (subject to hydrolysis) is 1. The number of alkyl halides is 2. The van der Waals surface area contributed by atoms with Gasteiger partial charge < -0.3 is 15.2 Å². The Morgan fingerprint density at radius 1 is 1.50 bits per heavy atom. The van der Waals surface area contributed by atoms with Crippen molar-refractivity contribution < 1.29 is 28.2 Å². The maximum atomic E-state index is 12.7. The molecule has 0 radical (unpaired) electrons. The maximum Gasteiger partial charge on any atom is 0.408 e. The lowest BCUT2D eigenvalue weighted by Crippen LogP contribution is -2.43. The van der Waals surface area contributed by atoms with Gasteiger partial charge in [0.25, 0.3) is 5.92 Å². The molecule has 1 rings (SSSR count). The van der Waals surface area contributed by atoms with E-state index in [1.165, 1.54) is 0 Å². The van der Waals surface area contributed by atoms with Crippen molar-refractivity contribution in [1.82, 2.24) is 5.32 Å². The van der Waals surface area contributed by atoms with E-state index in [0.29, 0.717) is 0 Å². The molecule has 0 aliphatic heterocycles. The van der Waals surface area contributed by atoms with Gasteiger partial charge in [0.1, 0.15) is 11.6 Å². The van der Waals surface area contributed by atoms with Crippen molar-refractivity contribution >= 4 is 12.1 Å². The van der Waals surface area contributed by atoms with Crippen LogP contribution in [0.4, 0.5) is 13.6 Å². The Hall–Kier alpha value is -1.40. The van der Waals surface area contributed by atoms with Crippen LogP contribution in [-0.2, 0) is 9.53 Å². The molecule has 0 spiro atoms. The number of ether oxygens (including phenoxy) is 1. The van der Waals surface area contributed by atoms with Crippen molar-refractivity contribution in [2.24, 2.45) is 5.92 Å². The molecule has 7 heteroatoms. The first-order chi connectivity index (χ1) is 8.01. The summed E-state index contributed by atoms with van der Waals surface area (Å²) in [5.41, 5.74) is -0.767. The summed E-state index contributed by atoms with van der Waals surface area (Å²) in [4.78, 5) is 22.2. The number of carbonyl (C=O) groups is 2. The fraction of sp³-hybridized carbons (Fsp3) is 0.818. The molecule has 0 aromatic heterocycles. The van der Waals surface area contributed by atoms with Crippen molar-refractivity contribution in [2.45, 2.75) is 51.2 Å². The molecule has 1 saturated carbocycles. The summed E-state index contributed by atoms with van der Waals surface area (Å²) in [6.45, 7) is 4.87. The Kier molecular flexibility index (Phi) is 3.83. The Balaban J connectivity index is 2.49. The largest absolute Gasteiger partial charge is 0.480 e. The van der Waals surface area contributed by atoms with Gasteiger partial charge in [0, 0.05) is 12.3 Å². The van der Waals surface area contributed by atoms with Gasteiger partial charge in [-0.1, -0.05) is 0 Å². The van der Waals surface area contributed by atoms with Crippen LogP contribution in [0.2, 0.25) is 0 Å². The Morgan fingerprint density at radius 2 is 2.00 bits per heavy atom. The number of aliphatic carboxylic acids is 1. The molecule has 1 unspecified atom stereocenters. The van der Waals surface area contributed by atoms with Crippen LogP contribution in [0.1, 0.15) is 33.6 Å². The zero-order chi connectivity index (χ0) is 14.1. The van der Waals surface area contributed by atoms with Gasteiger partial charge in [0.05, 0.1) is 0 Å². The highest BCUT2D eigenvalue weighted by Gasteiger charge is 2.57. The number of amides is 1. The summed E-state index contributed by atoms with van der Waals surface area (Å²) < 4.78 is 30.3. The van der Waals surface area contributed by atoms with E-state index in [0.717, 1.165) is 0 Å². The number of carboxylic acid groups (broad SMARTS) is 1. The molecule has 0 heterocycles. The Bertz CT molecular complexity index is 351. The number of nitrogens with one attached hydrogen (secondary N) is 1. The third-order valence-corrected chi connectivity index (χ3v) is 2.46. The molecule has 0 aromatic rings. The summed E-state index contributed by atoms with van der Waals surface area (Å²) in [5, 5.41) is 10.9. The standard InChI is InChI=1S/C11H17F2NO4/c1-10(2,3)18-9(17)14-7(8(15)16)4-6-5-11(6,12)13/h6-7H,4-5H2,1-3H3,(H,14,17)(H,15,16)/t6?,7-/m1/s1. The Labute approximate surface area is 103 Å². The van der Waals surface area contributed by atoms with E-state index in [4.69, 9.17) is 9.84 Å². The van der Waals surface area contributed by atoms with Gasteiger partial charge in [-0.3, -0.25) is 0 Å². The third-order valence-electron chi connectivity index (χ3n) is 2.46. The van der Waals surface area contributed by atoms with Gasteiger partial charge in [0.2, 0.25) is 0 Å². The highest BCUT2D eigenvalue weighted by Crippen LogP contribution is 2.51. The van der Waals surface area contributed by atoms with Crippen LogP contribution in [0.5, 0.6) is 0 Å². The van der Waals surface area contributed by atoms with Crippen LogP contribution in [0, 0.1) is 5.92 Å². The molecule has 1 fully saturated rings. The predicted molar refractivity (Wildman–Crippen MR) is 58.5 cm³/mol. The SMILES string of the molecule is CC(C)(C)OC(=O)N[C@H](CC1CC1(F)F)C(=O)O. The number of rotatable bonds is 4. The normalized spacial score (nSPS) is 23.1. The van der Waals surface area contributed by atoms with E-state index >= 15 is 0 Å². The molecule has 104 valence electrons. The first-order valence-electron chi connectivity index (χ1n) is 5.61. The lowest BCUT2D eigenvalue weighted by Gasteiger charge is -2.21. The number of hydrogen-bond acceptors (Lipinski definition) is 3. The molecule has 18 heavy (non-hydrogen) atoms. The third kappa shape index (κ3) is 4.46. The lowest BCUT2D eigenvalue weighted by molar-refractivity contribution is -0.139. The molecular formula is C11H17F2NO4. The minimum absolute atomic E-state index is 0.290. The van der Waals surface area contributed by atoms with Crippen LogP contribution < -0.4 is 5.32 Å². The number of carboxylic acids is 1. The molecule has 2 N–H and O–H groups in total. The molecule has 0 bridgehead atoms. The zero-order valence-electron chi connectivity index (χ0n) is 10.5. The topological polar surface area (TPSA) is 75.6 Å². The van der Waals surface area contributed by atoms with Gasteiger partial charge in [-0.2, -0.15) is 0 Å². The van der Waals surface area contributed by atoms with E-state index in [-0.39, 0.29) is 12.8 Å². The molecule has 1 amide bonds. The number of hydrogen-bond donors (Lipinski definition) is 2. The highest BCUT2D eigenvalue weighted by molar-refractivity contribution is 5.80. The van der Waals surface area contributed by atoms with E-state index < -0.39 is 35.5 Å². The average molecular weight is 265 g/mol. The van der Waals surface area contributed by atoms with Gasteiger partial charge in [-0.25, -0.2) is 18.4 Å². The quantitative estimate of drug-likeness (QED) is 0.815. The van der Waals surface area contributed by atoms with Crippen molar-refractivity contribution in [3.05, 3.63) is 0 Å². The van der Waals surface area contributed by atoms with Gasteiger partial charge in [-0.15, -0.1) is 0 Å². The van der Waals surface area contributed by atoms with Crippen LogP contribution in [0.3, 0.4) is 0 Å².